The molecule has 0 atom stereocenters. The van der Waals surface area contributed by atoms with Crippen LogP contribution < -0.4 is 0 Å². The molecule has 0 aliphatic carbocycles. The summed E-state index contributed by atoms with van der Waals surface area (Å²) in [4.78, 5) is 10.3. The van der Waals surface area contributed by atoms with Gasteiger partial charge in [0.25, 0.3) is 5.69 Å². The van der Waals surface area contributed by atoms with Crippen LogP contribution in [-0.2, 0) is 18.2 Å². The largest absolute Gasteiger partial charge is 0.674 e. The maximum Gasteiger partial charge on any atom is 0.269 e. The molecule has 0 N–H and O–H groups in total. The first-order chi connectivity index (χ1) is 16.1. The quantitative estimate of drug-likeness (QED) is 0.0917. The van der Waals surface area contributed by atoms with E-state index in [1.165, 1.54) is 18.1 Å². The van der Waals surface area contributed by atoms with E-state index in [0.29, 0.717) is 0 Å². The molecule has 1 aromatic carbocycles. The fourth-order valence-electron chi connectivity index (χ4n) is 2.05. The van der Waals surface area contributed by atoms with E-state index < -0.39 is 18.2 Å². The first-order valence-corrected chi connectivity index (χ1v) is 14.4. The van der Waals surface area contributed by atoms with E-state index in [1.54, 1.807) is 12.1 Å². The Bertz CT molecular complexity index is 701. The van der Waals surface area contributed by atoms with Crippen LogP contribution in [0.1, 0.15) is 114 Å². The average molecular weight is 573 g/mol. The number of non-ortho nitro benzene ring substituents is 1. The van der Waals surface area contributed by atoms with Crippen LogP contribution >= 0.6 is 0 Å². The molecule has 204 valence electrons. The van der Waals surface area contributed by atoms with E-state index in [9.17, 15) is 10.1 Å². The predicted molar refractivity (Wildman–Crippen MR) is 147 cm³/mol. The second-order valence-corrected chi connectivity index (χ2v) is 12.1. The molecule has 0 heterocycles. The second-order valence-electron chi connectivity index (χ2n) is 10.8. The average Bonchev–Trinajstić information content (AvgIpc) is 2.71. The minimum atomic E-state index is -0.473. The molecular formula is C27H50MoN5O2-3. The van der Waals surface area contributed by atoms with E-state index in [1.807, 2.05) is 0 Å². The third-order valence-corrected chi connectivity index (χ3v) is 6.75. The van der Waals surface area contributed by atoms with Gasteiger partial charge in [0.05, 0.1) is 4.92 Å². The summed E-state index contributed by atoms with van der Waals surface area (Å²) in [5, 5.41) is 19.8. The summed E-state index contributed by atoms with van der Waals surface area (Å²) in [5.74, 6) is 1.42. The molecule has 0 saturated carbocycles. The zero-order chi connectivity index (χ0) is 27.5. The molecule has 0 unspecified atom stereocenters. The van der Waals surface area contributed by atoms with Gasteiger partial charge in [-0.25, -0.2) is 6.17 Å². The van der Waals surface area contributed by atoms with Crippen LogP contribution in [0.4, 0.5) is 5.69 Å². The molecule has 35 heavy (non-hydrogen) atoms. The summed E-state index contributed by atoms with van der Waals surface area (Å²) in [6, 6.07) is 6.56. The third-order valence-electron chi connectivity index (χ3n) is 3.66. The predicted octanol–water partition coefficient (Wildman–Crippen LogP) is 9.59. The Labute approximate surface area is 224 Å². The minimum absolute atomic E-state index is 0.106. The van der Waals surface area contributed by atoms with Gasteiger partial charge in [-0.1, -0.05) is 57.2 Å². The van der Waals surface area contributed by atoms with E-state index in [2.05, 4.69) is 93.8 Å². The van der Waals surface area contributed by atoms with Crippen LogP contribution in [0.3, 0.4) is 0 Å². The van der Waals surface area contributed by atoms with Crippen LogP contribution in [0.25, 0.3) is 10.6 Å². The summed E-state index contributed by atoms with van der Waals surface area (Å²) in [7, 11) is 0. The van der Waals surface area contributed by atoms with E-state index in [0.717, 1.165) is 44.3 Å². The molecule has 1 aromatic rings. The first-order valence-electron chi connectivity index (χ1n) is 12.6. The normalized spacial score (nSPS) is 11.2. The van der Waals surface area contributed by atoms with E-state index in [4.69, 9.17) is 0 Å². The zero-order valence-electron chi connectivity index (χ0n) is 24.1. The van der Waals surface area contributed by atoms with E-state index in [-0.39, 0.29) is 27.9 Å². The summed E-state index contributed by atoms with van der Waals surface area (Å²) >= 11 is -0.473. The Hall–Kier alpha value is -1.17. The number of unbranched alkanes of at least 4 members (excludes halogenated alkanes) is 2. The number of rotatable bonds is 10. The molecular weight excluding hydrogens is 522 g/mol. The number of nitrogens with zero attached hydrogens (tertiary/aromatic N) is 5. The Balaban J connectivity index is 0. The Morgan fingerprint density at radius 3 is 1.54 bits per heavy atom. The van der Waals surface area contributed by atoms with Crippen LogP contribution in [0.15, 0.2) is 31.3 Å². The van der Waals surface area contributed by atoms with Gasteiger partial charge >= 0.3 is 77.8 Å². The number of benzene rings is 1. The van der Waals surface area contributed by atoms with Crippen molar-refractivity contribution in [3.05, 3.63) is 56.5 Å². The maximum absolute atomic E-state index is 10.7. The molecule has 7 nitrogen and oxygen atoms in total. The molecule has 8 heteroatoms. The first kappa shape index (κ1) is 36.0. The molecule has 0 aromatic heterocycles. The van der Waals surface area contributed by atoms with Crippen LogP contribution in [0.2, 0.25) is 0 Å². The summed E-state index contributed by atoms with van der Waals surface area (Å²) in [6.45, 7) is 24.8. The smallest absolute Gasteiger partial charge is 0.269 e. The second kappa shape index (κ2) is 20.0. The fraction of sp³-hybridized carbons (Fsp3) is 0.741. The van der Waals surface area contributed by atoms with Gasteiger partial charge in [0.15, 0.2) is 0 Å². The SMILES string of the molecule is CC(C)(C)[N]=[Mo]=[N]C(C)(C)C.CCCC[N-]C([N-]CCCC)c1ccc([N+](=O)[O-])cc1.C[C-](C)C. The summed E-state index contributed by atoms with van der Waals surface area (Å²) in [5.41, 5.74) is 1.26. The van der Waals surface area contributed by atoms with Crippen LogP contribution in [-0.4, -0.2) is 29.1 Å². The van der Waals surface area contributed by atoms with Crippen molar-refractivity contribution >= 4 is 5.69 Å². The third kappa shape index (κ3) is 25.7. The Kier molecular flexibility index (Phi) is 20.5. The van der Waals surface area contributed by atoms with Crippen LogP contribution in [0.5, 0.6) is 0 Å². The standard InChI is InChI=1S/C15H23N3O2.2C4H9N.C4H9.Mo/c1-3-5-11-16-15(17-12-6-4-2)13-7-9-14(10-8-13)18(19)20;2*1-4(2,3)5;1-4(2)3;/h7-10,15H,3-6,11-12H2,1-2H3;2*1-3H3;1-3H3;/q-2;;;-1;. The Morgan fingerprint density at radius 1 is 0.886 bits per heavy atom. The molecule has 0 spiro atoms. The zero-order valence-corrected chi connectivity index (χ0v) is 26.1. The molecule has 0 saturated heterocycles. The van der Waals surface area contributed by atoms with E-state index >= 15 is 0 Å². The molecule has 1 rings (SSSR count). The van der Waals surface area contributed by atoms with Crippen molar-refractivity contribution in [1.82, 2.24) is 0 Å². The van der Waals surface area contributed by atoms with Gasteiger partial charge in [-0.15, -0.1) is 13.1 Å². The minimum Gasteiger partial charge on any atom is -0.674 e. The molecule has 0 fully saturated rings. The molecule has 0 aliphatic rings. The molecule has 0 amide bonds. The van der Waals surface area contributed by atoms with Gasteiger partial charge in [-0.3, -0.25) is 10.1 Å². The maximum atomic E-state index is 10.7. The number of nitro benzene ring substituents is 1. The van der Waals surface area contributed by atoms with Crippen molar-refractivity contribution < 1.29 is 23.1 Å². The van der Waals surface area contributed by atoms with Gasteiger partial charge in [-0.05, 0) is 0 Å². The van der Waals surface area contributed by atoms with Crippen LogP contribution in [0, 0.1) is 16.0 Å². The number of nitro groups is 1. The van der Waals surface area contributed by atoms with Crippen molar-refractivity contribution in [3.63, 3.8) is 0 Å². The molecule has 0 radical (unpaired) electrons. The van der Waals surface area contributed by atoms with Gasteiger partial charge in [0, 0.05) is 12.1 Å². The number of hydrogen-bond donors (Lipinski definition) is 0. The topological polar surface area (TPSA) is 96.1 Å². The summed E-state index contributed by atoms with van der Waals surface area (Å²) in [6.07, 6.45) is 4.12. The monoisotopic (exact) mass is 574 g/mol. The van der Waals surface area contributed by atoms with Crippen molar-refractivity contribution in [1.29, 1.82) is 0 Å². The molecule has 0 aliphatic heterocycles. The van der Waals surface area contributed by atoms with Gasteiger partial charge in [0.2, 0.25) is 0 Å². The van der Waals surface area contributed by atoms with Crippen molar-refractivity contribution in [2.24, 2.45) is 6.99 Å². The fourth-order valence-corrected chi connectivity index (χ4v) is 3.35. The van der Waals surface area contributed by atoms with Crippen molar-refractivity contribution in [3.8, 4) is 0 Å². The number of hydrogen-bond acceptors (Lipinski definition) is 4. The summed E-state index contributed by atoms with van der Waals surface area (Å²) < 4.78 is 9.01. The van der Waals surface area contributed by atoms with Gasteiger partial charge < -0.3 is 16.6 Å². The van der Waals surface area contributed by atoms with Gasteiger partial charge in [0.1, 0.15) is 0 Å². The van der Waals surface area contributed by atoms with Crippen molar-refractivity contribution in [2.45, 2.75) is 119 Å². The molecule has 0 bridgehead atoms. The Morgan fingerprint density at radius 2 is 1.26 bits per heavy atom. The van der Waals surface area contributed by atoms with Gasteiger partial charge in [-0.2, -0.15) is 20.8 Å². The van der Waals surface area contributed by atoms with Crippen molar-refractivity contribution in [2.75, 3.05) is 13.1 Å².